The van der Waals surface area contributed by atoms with Crippen molar-refractivity contribution in [3.05, 3.63) is 70.2 Å². The van der Waals surface area contributed by atoms with Crippen LogP contribution >= 0.6 is 15.9 Å². The van der Waals surface area contributed by atoms with Gasteiger partial charge in [0.15, 0.2) is 0 Å². The van der Waals surface area contributed by atoms with E-state index in [1.54, 1.807) is 7.11 Å². The number of halogens is 1. The van der Waals surface area contributed by atoms with Gasteiger partial charge < -0.3 is 14.9 Å². The molecule has 0 aliphatic carbocycles. The highest BCUT2D eigenvalue weighted by Gasteiger charge is 2.27. The number of methoxy groups -OCH3 is 1. The second-order valence-electron chi connectivity index (χ2n) is 5.56. The first kappa shape index (κ1) is 16.9. The molecular formula is C19H18BrNO3. The number of aliphatic hydroxyl groups excluding tert-OH is 2. The highest BCUT2D eigenvalue weighted by atomic mass is 79.9. The number of hydrogen-bond acceptors (Lipinski definition) is 4. The lowest BCUT2D eigenvalue weighted by Gasteiger charge is -2.24. The summed E-state index contributed by atoms with van der Waals surface area (Å²) in [5, 5.41) is 20.9. The first-order valence-electron chi connectivity index (χ1n) is 7.62. The molecule has 0 unspecified atom stereocenters. The molecule has 124 valence electrons. The van der Waals surface area contributed by atoms with Gasteiger partial charge in [-0.1, -0.05) is 46.3 Å². The van der Waals surface area contributed by atoms with Crippen LogP contribution in [0.25, 0.3) is 10.9 Å². The second-order valence-corrected chi connectivity index (χ2v) is 6.48. The zero-order valence-corrected chi connectivity index (χ0v) is 14.8. The molecule has 24 heavy (non-hydrogen) atoms. The largest absolute Gasteiger partial charge is 0.481 e. The van der Waals surface area contributed by atoms with Crippen LogP contribution in [0.1, 0.15) is 17.0 Å². The maximum atomic E-state index is 10.4. The first-order chi connectivity index (χ1) is 11.6. The lowest BCUT2D eigenvalue weighted by Crippen LogP contribution is -2.24. The Morgan fingerprint density at radius 1 is 1.12 bits per heavy atom. The van der Waals surface area contributed by atoms with E-state index in [-0.39, 0.29) is 6.61 Å². The maximum Gasteiger partial charge on any atom is 0.217 e. The second kappa shape index (κ2) is 7.30. The van der Waals surface area contributed by atoms with Gasteiger partial charge in [0.1, 0.15) is 0 Å². The number of hydrogen-bond donors (Lipinski definition) is 2. The molecule has 5 heteroatoms. The number of nitrogens with zero attached hydrogens (tertiary/aromatic N) is 1. The third-order valence-electron chi connectivity index (χ3n) is 4.03. The van der Waals surface area contributed by atoms with E-state index >= 15 is 0 Å². The summed E-state index contributed by atoms with van der Waals surface area (Å²) in [5.41, 5.74) is 2.45. The quantitative estimate of drug-likeness (QED) is 0.703. The molecule has 0 saturated carbocycles. The van der Waals surface area contributed by atoms with E-state index in [4.69, 9.17) is 4.74 Å². The number of rotatable bonds is 5. The molecule has 3 rings (SSSR count). The molecule has 2 atom stereocenters. The zero-order chi connectivity index (χ0) is 17.1. The van der Waals surface area contributed by atoms with Crippen molar-refractivity contribution in [3.63, 3.8) is 0 Å². The van der Waals surface area contributed by atoms with Crippen molar-refractivity contribution in [1.82, 2.24) is 4.98 Å². The molecular weight excluding hydrogens is 370 g/mol. The van der Waals surface area contributed by atoms with Gasteiger partial charge in [-0.2, -0.15) is 0 Å². The number of ether oxygens (including phenoxy) is 1. The van der Waals surface area contributed by atoms with Gasteiger partial charge >= 0.3 is 0 Å². The van der Waals surface area contributed by atoms with E-state index in [1.807, 2.05) is 54.6 Å². The molecule has 0 saturated heterocycles. The average molecular weight is 388 g/mol. The molecule has 0 spiro atoms. The van der Waals surface area contributed by atoms with Crippen LogP contribution in [0.4, 0.5) is 0 Å². The number of aromatic nitrogens is 1. The van der Waals surface area contributed by atoms with E-state index in [9.17, 15) is 10.2 Å². The highest BCUT2D eigenvalue weighted by Crippen LogP contribution is 2.36. The molecule has 0 aliphatic rings. The van der Waals surface area contributed by atoms with Crippen LogP contribution < -0.4 is 4.74 Å². The van der Waals surface area contributed by atoms with Gasteiger partial charge in [0, 0.05) is 21.3 Å². The smallest absolute Gasteiger partial charge is 0.217 e. The molecule has 1 heterocycles. The lowest BCUT2D eigenvalue weighted by molar-refractivity contribution is 0.0815. The molecule has 0 amide bonds. The van der Waals surface area contributed by atoms with Crippen molar-refractivity contribution >= 4 is 26.8 Å². The molecule has 3 aromatic rings. The van der Waals surface area contributed by atoms with Gasteiger partial charge in [-0.05, 0) is 29.8 Å². The van der Waals surface area contributed by atoms with Gasteiger partial charge in [0.2, 0.25) is 5.88 Å². The molecule has 0 radical (unpaired) electrons. The summed E-state index contributed by atoms with van der Waals surface area (Å²) >= 11 is 3.47. The summed E-state index contributed by atoms with van der Waals surface area (Å²) in [6, 6.07) is 17.3. The summed E-state index contributed by atoms with van der Waals surface area (Å²) in [6.45, 7) is -0.348. The van der Waals surface area contributed by atoms with E-state index in [2.05, 4.69) is 20.9 Å². The minimum absolute atomic E-state index is 0.348. The molecule has 1 aromatic heterocycles. The molecule has 4 nitrogen and oxygen atoms in total. The summed E-state index contributed by atoms with van der Waals surface area (Å²) in [5.74, 6) is 0.0215. The van der Waals surface area contributed by atoms with Crippen LogP contribution in [0.3, 0.4) is 0 Å². The van der Waals surface area contributed by atoms with Gasteiger partial charge in [-0.25, -0.2) is 4.98 Å². The molecule has 0 aliphatic heterocycles. The molecule has 2 aromatic carbocycles. The summed E-state index contributed by atoms with van der Waals surface area (Å²) in [6.07, 6.45) is -0.951. The van der Waals surface area contributed by atoms with Crippen LogP contribution in [0, 0.1) is 0 Å². The molecule has 2 N–H and O–H groups in total. The Bertz CT molecular complexity index is 839. The number of benzene rings is 2. The fraction of sp³-hybridized carbons (Fsp3) is 0.211. The fourth-order valence-electron chi connectivity index (χ4n) is 2.91. The van der Waals surface area contributed by atoms with E-state index in [0.29, 0.717) is 5.88 Å². The third-order valence-corrected chi connectivity index (χ3v) is 4.52. The van der Waals surface area contributed by atoms with Crippen LogP contribution in [0.2, 0.25) is 0 Å². The first-order valence-corrected chi connectivity index (χ1v) is 8.41. The van der Waals surface area contributed by atoms with Crippen molar-refractivity contribution in [2.75, 3.05) is 13.7 Å². The van der Waals surface area contributed by atoms with Crippen molar-refractivity contribution in [3.8, 4) is 5.88 Å². The lowest BCUT2D eigenvalue weighted by atomic mass is 9.86. The van der Waals surface area contributed by atoms with E-state index in [1.165, 1.54) is 0 Å². The van der Waals surface area contributed by atoms with Gasteiger partial charge in [-0.15, -0.1) is 0 Å². The minimum atomic E-state index is -0.951. The van der Waals surface area contributed by atoms with Crippen molar-refractivity contribution in [1.29, 1.82) is 0 Å². The third kappa shape index (κ3) is 3.29. The van der Waals surface area contributed by atoms with E-state index < -0.39 is 12.0 Å². The Morgan fingerprint density at radius 3 is 2.54 bits per heavy atom. The monoisotopic (exact) mass is 387 g/mol. The van der Waals surface area contributed by atoms with Crippen molar-refractivity contribution in [2.45, 2.75) is 12.0 Å². The minimum Gasteiger partial charge on any atom is -0.481 e. The van der Waals surface area contributed by atoms with Crippen LogP contribution in [-0.2, 0) is 0 Å². The maximum absolute atomic E-state index is 10.4. The van der Waals surface area contributed by atoms with Crippen LogP contribution in [0.15, 0.2) is 59.1 Å². The van der Waals surface area contributed by atoms with Gasteiger partial charge in [0.25, 0.3) is 0 Å². The normalized spacial score (nSPS) is 13.7. The van der Waals surface area contributed by atoms with Gasteiger partial charge in [0.05, 0.1) is 25.3 Å². The fourth-order valence-corrected chi connectivity index (χ4v) is 3.29. The Kier molecular flexibility index (Phi) is 5.14. The molecule has 0 bridgehead atoms. The zero-order valence-electron chi connectivity index (χ0n) is 13.2. The molecule has 0 fully saturated rings. The van der Waals surface area contributed by atoms with Crippen LogP contribution in [0.5, 0.6) is 5.88 Å². The number of aliphatic hydroxyl groups is 2. The van der Waals surface area contributed by atoms with Crippen molar-refractivity contribution in [2.24, 2.45) is 0 Å². The predicted octanol–water partition coefficient (Wildman–Crippen LogP) is 3.49. The van der Waals surface area contributed by atoms with Crippen molar-refractivity contribution < 1.29 is 14.9 Å². The average Bonchev–Trinajstić information content (AvgIpc) is 2.62. The van der Waals surface area contributed by atoms with E-state index in [0.717, 1.165) is 26.5 Å². The Morgan fingerprint density at radius 2 is 1.88 bits per heavy atom. The SMILES string of the molecule is COc1nc2ccc(Br)cc2cc1[C@@H](c1ccccc1)[C@@H](O)CO. The standard InChI is InChI=1S/C19H18BrNO3/c1-24-19-15(10-13-9-14(20)7-8-16(13)21-19)18(17(23)11-22)12-5-3-2-4-6-12/h2-10,17-18,22-23H,11H2,1H3/t17-,18+/m0/s1. The predicted molar refractivity (Wildman–Crippen MR) is 97.4 cm³/mol. The topological polar surface area (TPSA) is 62.6 Å². The Hall–Kier alpha value is -1.95. The summed E-state index contributed by atoms with van der Waals surface area (Å²) < 4.78 is 6.42. The Labute approximate surface area is 148 Å². The van der Waals surface area contributed by atoms with Crippen LogP contribution in [-0.4, -0.2) is 35.0 Å². The number of fused-ring (bicyclic) bond motifs is 1. The summed E-state index contributed by atoms with van der Waals surface area (Å²) in [7, 11) is 1.56. The van der Waals surface area contributed by atoms with Gasteiger partial charge in [-0.3, -0.25) is 0 Å². The highest BCUT2D eigenvalue weighted by molar-refractivity contribution is 9.10. The number of pyridine rings is 1. The summed E-state index contributed by atoms with van der Waals surface area (Å²) in [4.78, 5) is 4.56. The Balaban J connectivity index is 2.22.